The molecule has 1 aromatic carbocycles. The van der Waals surface area contributed by atoms with Crippen LogP contribution in [-0.2, 0) is 17.4 Å². The van der Waals surface area contributed by atoms with Gasteiger partial charge in [0.25, 0.3) is 0 Å². The zero-order valence-electron chi connectivity index (χ0n) is 10.5. The van der Waals surface area contributed by atoms with Gasteiger partial charge in [-0.2, -0.15) is 4.40 Å². The van der Waals surface area contributed by atoms with E-state index >= 15 is 0 Å². The lowest BCUT2D eigenvalue weighted by Gasteiger charge is -2.14. The van der Waals surface area contributed by atoms with E-state index in [1.54, 1.807) is 0 Å². The molecule has 0 spiro atoms. The number of hydrogen-bond donors (Lipinski definition) is 0. The Labute approximate surface area is 117 Å². The first-order valence-corrected chi connectivity index (χ1v) is 7.62. The van der Waals surface area contributed by atoms with Crippen molar-refractivity contribution in [3.8, 4) is 0 Å². The molecule has 0 amide bonds. The molecule has 0 saturated carbocycles. The molecule has 2 rings (SSSR count). The Morgan fingerprint density at radius 1 is 1.44 bits per heavy atom. The van der Waals surface area contributed by atoms with Crippen molar-refractivity contribution in [2.24, 2.45) is 4.40 Å². The highest BCUT2D eigenvalue weighted by Crippen LogP contribution is 2.29. The average Bonchev–Trinajstić information content (AvgIpc) is 2.53. The standard InChI is InChI=1S/C13H15BrFNOS/c1-13(2,3)18(17)16-12-10-5-4-9(14)6-8(10)7-11(12)15/h4-6,11H,7H2,1-3H3/b16-12-/t11?,18-/m0/s1. The molecule has 1 aliphatic rings. The summed E-state index contributed by atoms with van der Waals surface area (Å²) < 4.78 is 30.5. The van der Waals surface area contributed by atoms with Crippen molar-refractivity contribution >= 4 is 32.6 Å². The first-order chi connectivity index (χ1) is 8.29. The van der Waals surface area contributed by atoms with Gasteiger partial charge in [-0.3, -0.25) is 0 Å². The van der Waals surface area contributed by atoms with Crippen LogP contribution < -0.4 is 0 Å². The Hall–Kier alpha value is -0.550. The van der Waals surface area contributed by atoms with Crippen molar-refractivity contribution in [2.75, 3.05) is 0 Å². The van der Waals surface area contributed by atoms with Gasteiger partial charge in [-0.15, -0.1) is 0 Å². The van der Waals surface area contributed by atoms with Crippen LogP contribution in [-0.4, -0.2) is 20.8 Å². The van der Waals surface area contributed by atoms with Crippen molar-refractivity contribution in [1.29, 1.82) is 0 Å². The highest BCUT2D eigenvalue weighted by molar-refractivity contribution is 9.10. The molecule has 0 aliphatic heterocycles. The van der Waals surface area contributed by atoms with Crippen molar-refractivity contribution in [3.05, 3.63) is 33.8 Å². The van der Waals surface area contributed by atoms with E-state index in [4.69, 9.17) is 0 Å². The number of alkyl halides is 1. The van der Waals surface area contributed by atoms with Crippen molar-refractivity contribution in [1.82, 2.24) is 0 Å². The zero-order chi connectivity index (χ0) is 13.5. The lowest BCUT2D eigenvalue weighted by atomic mass is 10.1. The summed E-state index contributed by atoms with van der Waals surface area (Å²) in [7, 11) is -1.42. The van der Waals surface area contributed by atoms with Crippen LogP contribution in [0.25, 0.3) is 0 Å². The van der Waals surface area contributed by atoms with E-state index < -0.39 is 21.9 Å². The van der Waals surface area contributed by atoms with E-state index in [1.807, 2.05) is 39.0 Å². The molecule has 0 aromatic heterocycles. The van der Waals surface area contributed by atoms with Gasteiger partial charge in [-0.1, -0.05) is 22.0 Å². The van der Waals surface area contributed by atoms with Gasteiger partial charge in [0.1, 0.15) is 17.2 Å². The Kier molecular flexibility index (Phi) is 3.74. The maximum atomic E-state index is 14.0. The molecule has 0 radical (unpaired) electrons. The minimum absolute atomic E-state index is 0.314. The first kappa shape index (κ1) is 13.9. The van der Waals surface area contributed by atoms with Gasteiger partial charge in [-0.05, 0) is 38.5 Å². The third-order valence-corrected chi connectivity index (χ3v) is 4.65. The smallest absolute Gasteiger partial charge is 0.147 e. The quantitative estimate of drug-likeness (QED) is 0.773. The number of rotatable bonds is 1. The van der Waals surface area contributed by atoms with Crippen LogP contribution >= 0.6 is 15.9 Å². The summed E-state index contributed by atoms with van der Waals surface area (Å²) >= 11 is 3.37. The maximum absolute atomic E-state index is 14.0. The maximum Gasteiger partial charge on any atom is 0.147 e. The number of benzene rings is 1. The third-order valence-electron chi connectivity index (χ3n) is 2.74. The minimum atomic E-state index is -1.42. The predicted molar refractivity (Wildman–Crippen MR) is 77.2 cm³/mol. The van der Waals surface area contributed by atoms with Crippen molar-refractivity contribution in [3.63, 3.8) is 0 Å². The summed E-state index contributed by atoms with van der Waals surface area (Å²) in [6.07, 6.45) is -0.838. The van der Waals surface area contributed by atoms with E-state index in [9.17, 15) is 8.60 Å². The van der Waals surface area contributed by atoms with E-state index in [0.717, 1.165) is 15.6 Å². The molecule has 2 atom stereocenters. The van der Waals surface area contributed by atoms with Gasteiger partial charge in [0.2, 0.25) is 0 Å². The van der Waals surface area contributed by atoms with Crippen LogP contribution in [0.2, 0.25) is 0 Å². The number of hydrogen-bond acceptors (Lipinski definition) is 1. The van der Waals surface area contributed by atoms with E-state index in [1.165, 1.54) is 0 Å². The van der Waals surface area contributed by atoms with Crippen LogP contribution in [0.3, 0.4) is 0 Å². The van der Waals surface area contributed by atoms with Crippen LogP contribution in [0.15, 0.2) is 27.1 Å². The number of fused-ring (bicyclic) bond motifs is 1. The SMILES string of the molecule is CC(C)(C)[S@](=O)/N=C1/c2ccc(Br)cc2CC1F. The lowest BCUT2D eigenvalue weighted by molar-refractivity contribution is 0.432. The average molecular weight is 332 g/mol. The second-order valence-electron chi connectivity index (χ2n) is 5.31. The topological polar surface area (TPSA) is 29.4 Å². The molecule has 5 heteroatoms. The Bertz CT molecular complexity index is 536. The molecule has 0 heterocycles. The second kappa shape index (κ2) is 4.85. The van der Waals surface area contributed by atoms with E-state index in [-0.39, 0.29) is 0 Å². The summed E-state index contributed by atoms with van der Waals surface area (Å²) in [5, 5.41) is 0. The molecule has 2 nitrogen and oxygen atoms in total. The van der Waals surface area contributed by atoms with Crippen LogP contribution in [0.1, 0.15) is 31.9 Å². The largest absolute Gasteiger partial charge is 0.240 e. The summed E-state index contributed by atoms with van der Waals surface area (Å²) in [4.78, 5) is 0. The monoisotopic (exact) mass is 331 g/mol. The van der Waals surface area contributed by atoms with Gasteiger partial charge in [0, 0.05) is 16.5 Å². The highest BCUT2D eigenvalue weighted by Gasteiger charge is 2.30. The molecular formula is C13H15BrFNOS. The molecule has 1 aliphatic carbocycles. The molecule has 18 heavy (non-hydrogen) atoms. The molecule has 0 bridgehead atoms. The fraction of sp³-hybridized carbons (Fsp3) is 0.462. The molecule has 98 valence electrons. The third kappa shape index (κ3) is 2.72. The molecule has 1 unspecified atom stereocenters. The predicted octanol–water partition coefficient (Wildman–Crippen LogP) is 3.59. The normalized spacial score (nSPS) is 23.2. The van der Waals surface area contributed by atoms with Crippen LogP contribution in [0, 0.1) is 0 Å². The fourth-order valence-corrected chi connectivity index (χ4v) is 2.85. The van der Waals surface area contributed by atoms with E-state index in [0.29, 0.717) is 12.1 Å². The lowest BCUT2D eigenvalue weighted by Crippen LogP contribution is -2.22. The van der Waals surface area contributed by atoms with Crippen LogP contribution in [0.5, 0.6) is 0 Å². The highest BCUT2D eigenvalue weighted by atomic mass is 79.9. The first-order valence-electron chi connectivity index (χ1n) is 5.72. The molecule has 0 saturated heterocycles. The summed E-state index contributed by atoms with van der Waals surface area (Å²) in [5.74, 6) is 0. The number of halogens is 2. The van der Waals surface area contributed by atoms with Crippen molar-refractivity contribution in [2.45, 2.75) is 38.1 Å². The zero-order valence-corrected chi connectivity index (χ0v) is 12.9. The second-order valence-corrected chi connectivity index (χ2v) is 8.13. The summed E-state index contributed by atoms with van der Waals surface area (Å²) in [6, 6.07) is 5.58. The van der Waals surface area contributed by atoms with E-state index in [2.05, 4.69) is 20.3 Å². The van der Waals surface area contributed by atoms with Gasteiger partial charge in [-0.25, -0.2) is 8.60 Å². The molecule has 1 aromatic rings. The summed E-state index contributed by atoms with van der Waals surface area (Å²) in [6.45, 7) is 5.49. The van der Waals surface area contributed by atoms with Gasteiger partial charge in [0.15, 0.2) is 0 Å². The molecular weight excluding hydrogens is 317 g/mol. The fourth-order valence-electron chi connectivity index (χ4n) is 1.77. The number of nitrogens with zero attached hydrogens (tertiary/aromatic N) is 1. The Morgan fingerprint density at radius 3 is 2.72 bits per heavy atom. The van der Waals surface area contributed by atoms with Gasteiger partial charge in [0.05, 0.1) is 10.5 Å². The minimum Gasteiger partial charge on any atom is -0.240 e. The van der Waals surface area contributed by atoms with Crippen molar-refractivity contribution < 1.29 is 8.60 Å². The molecule has 0 fully saturated rings. The van der Waals surface area contributed by atoms with Gasteiger partial charge >= 0.3 is 0 Å². The molecule has 0 N–H and O–H groups in total. The van der Waals surface area contributed by atoms with Gasteiger partial charge < -0.3 is 0 Å². The Balaban J connectivity index is 2.42. The van der Waals surface area contributed by atoms with Crippen LogP contribution in [0.4, 0.5) is 4.39 Å². The summed E-state index contributed by atoms with van der Waals surface area (Å²) in [5.41, 5.74) is 2.02. The Morgan fingerprint density at radius 2 is 2.11 bits per heavy atom.